The highest BCUT2D eigenvalue weighted by molar-refractivity contribution is 9.10. The van der Waals surface area contributed by atoms with Gasteiger partial charge < -0.3 is 4.57 Å². The molecule has 0 unspecified atom stereocenters. The molecule has 0 saturated carbocycles. The van der Waals surface area contributed by atoms with Gasteiger partial charge in [0.05, 0.1) is 15.9 Å². The van der Waals surface area contributed by atoms with Crippen LogP contribution in [0.4, 0.5) is 0 Å². The van der Waals surface area contributed by atoms with E-state index in [0.717, 1.165) is 6.42 Å². The van der Waals surface area contributed by atoms with Crippen LogP contribution in [-0.2, 0) is 13.0 Å². The van der Waals surface area contributed by atoms with Crippen LogP contribution < -0.4 is 5.56 Å². The normalized spacial score (nSPS) is 10.6. The highest BCUT2D eigenvalue weighted by Crippen LogP contribution is 2.17. The van der Waals surface area contributed by atoms with Crippen molar-refractivity contribution in [2.24, 2.45) is 0 Å². The largest absolute Gasteiger partial charge is 0.307 e. The van der Waals surface area contributed by atoms with Gasteiger partial charge >= 0.3 is 0 Å². The quantitative estimate of drug-likeness (QED) is 0.810. The van der Waals surface area contributed by atoms with E-state index in [2.05, 4.69) is 22.9 Å². The summed E-state index contributed by atoms with van der Waals surface area (Å²) in [5.74, 6) is -0.0279. The average molecular weight is 326 g/mol. The Kier molecular flexibility index (Phi) is 4.14. The maximum Gasteiger partial charge on any atom is 0.265 e. The van der Waals surface area contributed by atoms with E-state index < -0.39 is 0 Å². The van der Waals surface area contributed by atoms with Crippen molar-refractivity contribution >= 4 is 33.0 Å². The number of aromatic nitrogens is 1. The Morgan fingerprint density at radius 2 is 2.17 bits per heavy atom. The molecule has 2 rings (SSSR count). The van der Waals surface area contributed by atoms with Crippen LogP contribution in [-0.4, -0.2) is 10.4 Å². The van der Waals surface area contributed by atoms with E-state index in [9.17, 15) is 9.59 Å². The molecule has 2 aromatic rings. The molecule has 0 aromatic carbocycles. The van der Waals surface area contributed by atoms with E-state index in [-0.39, 0.29) is 17.9 Å². The van der Waals surface area contributed by atoms with E-state index >= 15 is 0 Å². The number of rotatable bonds is 4. The van der Waals surface area contributed by atoms with Gasteiger partial charge in [0.15, 0.2) is 5.78 Å². The minimum Gasteiger partial charge on any atom is -0.307 e. The number of ketones is 1. The maximum absolute atomic E-state index is 12.0. The lowest BCUT2D eigenvalue weighted by molar-refractivity contribution is 0.0974. The van der Waals surface area contributed by atoms with Gasteiger partial charge in [0.2, 0.25) is 0 Å². The van der Waals surface area contributed by atoms with Gasteiger partial charge in [-0.05, 0) is 46.6 Å². The first-order valence-electron chi connectivity index (χ1n) is 5.58. The molecule has 0 saturated heterocycles. The van der Waals surface area contributed by atoms with Gasteiger partial charge in [0.25, 0.3) is 5.56 Å². The van der Waals surface area contributed by atoms with Crippen molar-refractivity contribution in [1.29, 1.82) is 0 Å². The van der Waals surface area contributed by atoms with Crippen LogP contribution in [0.15, 0.2) is 39.7 Å². The molecule has 2 aromatic heterocycles. The summed E-state index contributed by atoms with van der Waals surface area (Å²) in [6.07, 6.45) is 2.55. The highest BCUT2D eigenvalue weighted by atomic mass is 79.9. The van der Waals surface area contributed by atoms with E-state index in [4.69, 9.17) is 0 Å². The summed E-state index contributed by atoms with van der Waals surface area (Å²) in [5.41, 5.74) is -0.182. The Labute approximate surface area is 117 Å². The number of halogens is 1. The minimum atomic E-state index is -0.182. The lowest BCUT2D eigenvalue weighted by atomic mass is 10.3. The zero-order chi connectivity index (χ0) is 13.1. The van der Waals surface area contributed by atoms with Crippen molar-refractivity contribution in [3.05, 3.63) is 55.0 Å². The summed E-state index contributed by atoms with van der Waals surface area (Å²) >= 11 is 4.66. The number of carbonyl (C=O) groups excluding carboxylic acids is 1. The molecule has 0 aliphatic carbocycles. The minimum absolute atomic E-state index is 0.0279. The molecule has 3 nitrogen and oxygen atoms in total. The van der Waals surface area contributed by atoms with Gasteiger partial charge in [-0.3, -0.25) is 9.59 Å². The van der Waals surface area contributed by atoms with Crippen molar-refractivity contribution in [3.63, 3.8) is 0 Å². The predicted octanol–water partition coefficient (Wildman–Crippen LogP) is 3.12. The van der Waals surface area contributed by atoms with Gasteiger partial charge in [-0.15, -0.1) is 11.3 Å². The third kappa shape index (κ3) is 2.79. The highest BCUT2D eigenvalue weighted by Gasteiger charge is 2.11. The SMILES string of the molecule is CCc1ccc(C(=O)Cn2cccc(Br)c2=O)s1. The van der Waals surface area contributed by atoms with Gasteiger partial charge in [0.1, 0.15) is 0 Å². The maximum atomic E-state index is 12.0. The molecule has 18 heavy (non-hydrogen) atoms. The Morgan fingerprint density at radius 1 is 1.39 bits per heavy atom. The summed E-state index contributed by atoms with van der Waals surface area (Å²) in [4.78, 5) is 25.7. The van der Waals surface area contributed by atoms with Crippen LogP contribution in [0, 0.1) is 0 Å². The van der Waals surface area contributed by atoms with Crippen LogP contribution in [0.5, 0.6) is 0 Å². The number of hydrogen-bond acceptors (Lipinski definition) is 3. The molecule has 0 spiro atoms. The molecule has 2 heterocycles. The zero-order valence-electron chi connectivity index (χ0n) is 9.85. The summed E-state index contributed by atoms with van der Waals surface area (Å²) in [7, 11) is 0. The summed E-state index contributed by atoms with van der Waals surface area (Å²) in [6, 6.07) is 7.20. The van der Waals surface area contributed by atoms with Gasteiger partial charge in [-0.1, -0.05) is 6.92 Å². The molecule has 0 amide bonds. The molecule has 0 aliphatic rings. The molecule has 0 atom stereocenters. The van der Waals surface area contributed by atoms with Gasteiger partial charge in [-0.2, -0.15) is 0 Å². The van der Waals surface area contributed by atoms with Crippen LogP contribution in [0.1, 0.15) is 21.5 Å². The first kappa shape index (κ1) is 13.2. The van der Waals surface area contributed by atoms with Crippen molar-refractivity contribution in [1.82, 2.24) is 4.57 Å². The fourth-order valence-electron chi connectivity index (χ4n) is 1.58. The molecule has 94 valence electrons. The van der Waals surface area contributed by atoms with E-state index in [0.29, 0.717) is 9.35 Å². The van der Waals surface area contributed by atoms with Crippen LogP contribution >= 0.6 is 27.3 Å². The van der Waals surface area contributed by atoms with E-state index in [1.165, 1.54) is 20.8 Å². The topological polar surface area (TPSA) is 39.1 Å². The monoisotopic (exact) mass is 325 g/mol. The summed E-state index contributed by atoms with van der Waals surface area (Å²) < 4.78 is 1.89. The Morgan fingerprint density at radius 3 is 2.83 bits per heavy atom. The lowest BCUT2D eigenvalue weighted by Gasteiger charge is -2.03. The molecule has 0 bridgehead atoms. The van der Waals surface area contributed by atoms with Crippen molar-refractivity contribution in [3.8, 4) is 0 Å². The lowest BCUT2D eigenvalue weighted by Crippen LogP contribution is -2.23. The second kappa shape index (κ2) is 5.63. The first-order valence-corrected chi connectivity index (χ1v) is 7.19. The summed E-state index contributed by atoms with van der Waals surface area (Å²) in [6.45, 7) is 2.14. The fraction of sp³-hybridized carbons (Fsp3) is 0.231. The Bertz CT molecular complexity index is 630. The number of nitrogens with zero attached hydrogens (tertiary/aromatic N) is 1. The second-order valence-electron chi connectivity index (χ2n) is 3.83. The Hall–Kier alpha value is -1.20. The zero-order valence-corrected chi connectivity index (χ0v) is 12.3. The number of Topliss-reactive ketones (excluding diaryl/α,β-unsaturated/α-hetero) is 1. The smallest absolute Gasteiger partial charge is 0.265 e. The first-order chi connectivity index (χ1) is 8.61. The third-order valence-corrected chi connectivity index (χ3v) is 4.45. The van der Waals surface area contributed by atoms with Crippen LogP contribution in [0.2, 0.25) is 0 Å². The molecule has 0 radical (unpaired) electrons. The van der Waals surface area contributed by atoms with Crippen molar-refractivity contribution in [2.45, 2.75) is 19.9 Å². The van der Waals surface area contributed by atoms with Gasteiger partial charge in [0, 0.05) is 11.1 Å². The molecular weight excluding hydrogens is 314 g/mol. The summed E-state index contributed by atoms with van der Waals surface area (Å²) in [5, 5.41) is 0. The number of thiophene rings is 1. The number of aryl methyl sites for hydroxylation is 1. The number of pyridine rings is 1. The molecule has 0 aliphatic heterocycles. The van der Waals surface area contributed by atoms with E-state index in [1.807, 2.05) is 12.1 Å². The van der Waals surface area contributed by atoms with Crippen LogP contribution in [0.25, 0.3) is 0 Å². The van der Waals surface area contributed by atoms with E-state index in [1.54, 1.807) is 18.3 Å². The number of hydrogen-bond donors (Lipinski definition) is 0. The van der Waals surface area contributed by atoms with Gasteiger partial charge in [-0.25, -0.2) is 0 Å². The number of carbonyl (C=O) groups is 1. The standard InChI is InChI=1S/C13H12BrNO2S/c1-2-9-5-6-12(18-9)11(16)8-15-7-3-4-10(14)13(15)17/h3-7H,2,8H2,1H3. The van der Waals surface area contributed by atoms with Crippen LogP contribution in [0.3, 0.4) is 0 Å². The third-order valence-electron chi connectivity index (χ3n) is 2.57. The average Bonchev–Trinajstić information content (AvgIpc) is 2.83. The molecule has 5 heteroatoms. The van der Waals surface area contributed by atoms with Crippen molar-refractivity contribution in [2.75, 3.05) is 0 Å². The Balaban J connectivity index is 2.21. The molecule has 0 N–H and O–H groups in total. The van der Waals surface area contributed by atoms with Crippen molar-refractivity contribution < 1.29 is 4.79 Å². The fourth-order valence-corrected chi connectivity index (χ4v) is 2.84. The second-order valence-corrected chi connectivity index (χ2v) is 5.85. The predicted molar refractivity (Wildman–Crippen MR) is 76.4 cm³/mol. The molecular formula is C13H12BrNO2S. The molecule has 0 fully saturated rings.